The summed E-state index contributed by atoms with van der Waals surface area (Å²) in [4.78, 5) is 28.4. The van der Waals surface area contributed by atoms with E-state index in [4.69, 9.17) is 5.73 Å². The number of amidine groups is 1. The van der Waals surface area contributed by atoms with E-state index in [-0.39, 0.29) is 29.5 Å². The molecule has 6 heteroatoms. The van der Waals surface area contributed by atoms with Crippen LogP contribution in [0.25, 0.3) is 0 Å². The summed E-state index contributed by atoms with van der Waals surface area (Å²) < 4.78 is 0. The lowest BCUT2D eigenvalue weighted by molar-refractivity contribution is -0.139. The molecule has 104 valence electrons. The molecule has 20 heavy (non-hydrogen) atoms. The van der Waals surface area contributed by atoms with E-state index in [1.165, 1.54) is 0 Å². The van der Waals surface area contributed by atoms with Crippen molar-refractivity contribution in [3.63, 3.8) is 0 Å². The number of imide groups is 1. The van der Waals surface area contributed by atoms with Crippen LogP contribution in [0.3, 0.4) is 0 Å². The van der Waals surface area contributed by atoms with Gasteiger partial charge in [0.25, 0.3) is 11.8 Å². The maximum atomic E-state index is 12.2. The zero-order chi connectivity index (χ0) is 14.1. The number of pyridine rings is 1. The average molecular weight is 272 g/mol. The molecule has 2 aliphatic rings. The molecule has 2 N–H and O–H groups in total. The molecule has 3 rings (SSSR count). The number of hydrazone groups is 1. The smallest absolute Gasteiger partial charge is 0.253 e. The highest BCUT2D eigenvalue weighted by Crippen LogP contribution is 2.38. The number of carbonyl (C=O) groups is 2. The molecule has 2 unspecified atom stereocenters. The first-order valence-electron chi connectivity index (χ1n) is 6.81. The second kappa shape index (κ2) is 5.03. The maximum Gasteiger partial charge on any atom is 0.253 e. The normalized spacial score (nSPS) is 26.8. The van der Waals surface area contributed by atoms with Crippen LogP contribution in [0, 0.1) is 11.8 Å². The first-order chi connectivity index (χ1) is 9.68. The Bertz CT molecular complexity index is 546. The lowest BCUT2D eigenvalue weighted by Gasteiger charge is -2.19. The number of carbonyl (C=O) groups excluding carboxylic acids is 2. The van der Waals surface area contributed by atoms with Crippen LogP contribution in [-0.4, -0.2) is 27.6 Å². The highest BCUT2D eigenvalue weighted by atomic mass is 16.2. The molecule has 0 aromatic carbocycles. The molecule has 1 saturated carbocycles. The summed E-state index contributed by atoms with van der Waals surface area (Å²) >= 11 is 0. The maximum absolute atomic E-state index is 12.2. The first-order valence-corrected chi connectivity index (χ1v) is 6.81. The number of hydrogen-bond acceptors (Lipinski definition) is 4. The number of fused-ring (bicyclic) bond motifs is 1. The van der Waals surface area contributed by atoms with Crippen molar-refractivity contribution in [2.45, 2.75) is 25.7 Å². The van der Waals surface area contributed by atoms with Crippen molar-refractivity contribution in [1.29, 1.82) is 0 Å². The van der Waals surface area contributed by atoms with Gasteiger partial charge in [-0.25, -0.2) is 0 Å². The zero-order valence-electron chi connectivity index (χ0n) is 11.0. The van der Waals surface area contributed by atoms with Gasteiger partial charge in [0.1, 0.15) is 0 Å². The van der Waals surface area contributed by atoms with Gasteiger partial charge in [0.15, 0.2) is 5.84 Å². The van der Waals surface area contributed by atoms with Crippen molar-refractivity contribution >= 4 is 17.6 Å². The molecular weight excluding hydrogens is 256 g/mol. The molecule has 2 heterocycles. The van der Waals surface area contributed by atoms with E-state index in [2.05, 4.69) is 10.1 Å². The van der Waals surface area contributed by atoms with Gasteiger partial charge in [0.2, 0.25) is 0 Å². The first kappa shape index (κ1) is 12.8. The van der Waals surface area contributed by atoms with E-state index in [0.29, 0.717) is 5.56 Å². The Balaban J connectivity index is 1.87. The van der Waals surface area contributed by atoms with Crippen LogP contribution in [0.1, 0.15) is 31.2 Å². The molecule has 1 aliphatic heterocycles. The summed E-state index contributed by atoms with van der Waals surface area (Å²) in [5.41, 5.74) is 6.51. The van der Waals surface area contributed by atoms with Crippen LogP contribution in [0.4, 0.5) is 0 Å². The highest BCUT2D eigenvalue weighted by molar-refractivity contribution is 6.07. The molecule has 1 aromatic heterocycles. The highest BCUT2D eigenvalue weighted by Gasteiger charge is 2.48. The molecule has 2 amide bonds. The van der Waals surface area contributed by atoms with Crippen LogP contribution in [-0.2, 0) is 9.59 Å². The van der Waals surface area contributed by atoms with Crippen LogP contribution < -0.4 is 5.73 Å². The number of nitrogens with zero attached hydrogens (tertiary/aromatic N) is 3. The van der Waals surface area contributed by atoms with Gasteiger partial charge < -0.3 is 5.73 Å². The Labute approximate surface area is 116 Å². The minimum atomic E-state index is -0.211. The third-order valence-corrected chi connectivity index (χ3v) is 4.00. The third-order valence-electron chi connectivity index (χ3n) is 4.00. The summed E-state index contributed by atoms with van der Waals surface area (Å²) in [6.45, 7) is 0. The molecule has 1 saturated heterocycles. The fourth-order valence-electron chi connectivity index (χ4n) is 2.93. The molecule has 0 radical (unpaired) electrons. The Morgan fingerprint density at radius 3 is 2.25 bits per heavy atom. The van der Waals surface area contributed by atoms with Crippen molar-refractivity contribution in [3.8, 4) is 0 Å². The Kier molecular flexibility index (Phi) is 3.22. The topological polar surface area (TPSA) is 88.6 Å². The molecule has 0 bridgehead atoms. The summed E-state index contributed by atoms with van der Waals surface area (Å²) in [6, 6.07) is 3.38. The van der Waals surface area contributed by atoms with E-state index < -0.39 is 0 Å². The lowest BCUT2D eigenvalue weighted by Crippen LogP contribution is -2.29. The van der Waals surface area contributed by atoms with Gasteiger partial charge in [-0.3, -0.25) is 14.6 Å². The lowest BCUT2D eigenvalue weighted by atomic mass is 9.81. The van der Waals surface area contributed by atoms with Gasteiger partial charge in [-0.15, -0.1) is 5.10 Å². The van der Waals surface area contributed by atoms with Gasteiger partial charge in [0, 0.05) is 18.0 Å². The predicted octanol–water partition coefficient (Wildman–Crippen LogP) is 0.877. The number of aromatic nitrogens is 1. The number of rotatable bonds is 2. The molecule has 2 atom stereocenters. The summed E-state index contributed by atoms with van der Waals surface area (Å²) in [5, 5.41) is 5.00. The minimum Gasteiger partial charge on any atom is -0.382 e. The van der Waals surface area contributed by atoms with Crippen molar-refractivity contribution in [3.05, 3.63) is 30.1 Å². The quantitative estimate of drug-likeness (QED) is 0.491. The molecule has 1 aromatic rings. The van der Waals surface area contributed by atoms with Crippen molar-refractivity contribution in [2.24, 2.45) is 22.7 Å². The predicted molar refractivity (Wildman–Crippen MR) is 72.3 cm³/mol. The number of hydrogen-bond donors (Lipinski definition) is 1. The largest absolute Gasteiger partial charge is 0.382 e. The van der Waals surface area contributed by atoms with Crippen molar-refractivity contribution in [2.75, 3.05) is 0 Å². The molecular formula is C14H16N4O2. The monoisotopic (exact) mass is 272 g/mol. The SMILES string of the molecule is N/C(=N\N1C(=O)C2CCCCC2C1=O)c1ccncc1. The van der Waals surface area contributed by atoms with Crippen LogP contribution >= 0.6 is 0 Å². The Hall–Kier alpha value is -2.24. The second-order valence-corrected chi connectivity index (χ2v) is 5.21. The van der Waals surface area contributed by atoms with Crippen LogP contribution in [0.5, 0.6) is 0 Å². The van der Waals surface area contributed by atoms with Crippen LogP contribution in [0.15, 0.2) is 29.6 Å². The summed E-state index contributed by atoms with van der Waals surface area (Å²) in [6.07, 6.45) is 6.72. The summed E-state index contributed by atoms with van der Waals surface area (Å²) in [7, 11) is 0. The molecule has 1 aliphatic carbocycles. The fourth-order valence-corrected chi connectivity index (χ4v) is 2.93. The second-order valence-electron chi connectivity index (χ2n) is 5.21. The van der Waals surface area contributed by atoms with Gasteiger partial charge >= 0.3 is 0 Å². The van der Waals surface area contributed by atoms with E-state index in [1.54, 1.807) is 24.5 Å². The van der Waals surface area contributed by atoms with Crippen molar-refractivity contribution in [1.82, 2.24) is 9.99 Å². The minimum absolute atomic E-state index is 0.160. The molecule has 0 spiro atoms. The van der Waals surface area contributed by atoms with E-state index in [1.807, 2.05) is 0 Å². The van der Waals surface area contributed by atoms with Crippen LogP contribution in [0.2, 0.25) is 0 Å². The standard InChI is InChI=1S/C14H16N4O2/c15-12(9-5-7-16-8-6-9)17-18-13(19)10-3-1-2-4-11(10)14(18)20/h5-8,10-11H,1-4H2,(H2,15,17). The van der Waals surface area contributed by atoms with E-state index >= 15 is 0 Å². The number of amides is 2. The van der Waals surface area contributed by atoms with E-state index in [9.17, 15) is 9.59 Å². The van der Waals surface area contributed by atoms with Gasteiger partial charge in [-0.05, 0) is 25.0 Å². The molecule has 2 fully saturated rings. The molecule has 6 nitrogen and oxygen atoms in total. The van der Waals surface area contributed by atoms with Crippen molar-refractivity contribution < 1.29 is 9.59 Å². The van der Waals surface area contributed by atoms with Gasteiger partial charge in [-0.1, -0.05) is 12.8 Å². The zero-order valence-corrected chi connectivity index (χ0v) is 11.0. The van der Waals surface area contributed by atoms with Gasteiger partial charge in [0.05, 0.1) is 11.8 Å². The summed E-state index contributed by atoms with van der Waals surface area (Å²) in [5.74, 6) is -0.670. The third kappa shape index (κ3) is 2.07. The number of nitrogens with two attached hydrogens (primary N) is 1. The fraction of sp³-hybridized carbons (Fsp3) is 0.429. The van der Waals surface area contributed by atoms with Gasteiger partial charge in [-0.2, -0.15) is 5.01 Å². The Morgan fingerprint density at radius 2 is 1.70 bits per heavy atom. The Morgan fingerprint density at radius 1 is 1.15 bits per heavy atom. The van der Waals surface area contributed by atoms with E-state index in [0.717, 1.165) is 30.7 Å². The average Bonchev–Trinajstić information content (AvgIpc) is 2.74.